The van der Waals surface area contributed by atoms with Gasteiger partial charge in [0.05, 0.1) is 17.9 Å². The van der Waals surface area contributed by atoms with Crippen LogP contribution in [0.2, 0.25) is 0 Å². The third-order valence-corrected chi connectivity index (χ3v) is 6.06. The quantitative estimate of drug-likeness (QED) is 0.575. The second kappa shape index (κ2) is 9.69. The molecule has 32 heavy (non-hydrogen) atoms. The first kappa shape index (κ1) is 22.3. The average Bonchev–Trinajstić information content (AvgIpc) is 3.10. The van der Waals surface area contributed by atoms with Gasteiger partial charge < -0.3 is 9.72 Å². The van der Waals surface area contributed by atoms with Crippen LogP contribution in [0.5, 0.6) is 5.75 Å². The molecule has 7 heteroatoms. The standard InChI is InChI=1S/C25H33N5O2/c1-5-10-20-22-23(29(4)28-20)25(31)27-24(26-22)19-15-18(11-12-21(19)32-6-2)17(3)16-30-13-8-7-9-14-30/h11-12,15H,3,5-10,13-14,16H2,1-2,4H3,(H,26,27,31). The minimum atomic E-state index is -0.192. The molecule has 1 aliphatic heterocycles. The lowest BCUT2D eigenvalue weighted by molar-refractivity contribution is 0.255. The van der Waals surface area contributed by atoms with E-state index >= 15 is 0 Å². The molecular weight excluding hydrogens is 402 g/mol. The van der Waals surface area contributed by atoms with Gasteiger partial charge in [0.1, 0.15) is 17.1 Å². The molecule has 4 rings (SSSR count). The average molecular weight is 436 g/mol. The van der Waals surface area contributed by atoms with Crippen LogP contribution < -0.4 is 10.3 Å². The molecule has 0 bridgehead atoms. The molecule has 3 aromatic rings. The number of aryl methyl sites for hydroxylation is 2. The summed E-state index contributed by atoms with van der Waals surface area (Å²) in [6.45, 7) is 12.0. The molecule has 1 N–H and O–H groups in total. The van der Waals surface area contributed by atoms with Crippen molar-refractivity contribution < 1.29 is 4.74 Å². The Labute approximate surface area is 189 Å². The fraction of sp³-hybridized carbons (Fsp3) is 0.480. The molecular formula is C25H33N5O2. The van der Waals surface area contributed by atoms with E-state index in [-0.39, 0.29) is 5.56 Å². The topological polar surface area (TPSA) is 76.0 Å². The number of nitrogens with zero attached hydrogens (tertiary/aromatic N) is 4. The van der Waals surface area contributed by atoms with Crippen LogP contribution in [0.1, 0.15) is 50.8 Å². The normalized spacial score (nSPS) is 14.7. The maximum atomic E-state index is 12.9. The lowest BCUT2D eigenvalue weighted by atomic mass is 10.0. The SMILES string of the molecule is C=C(CN1CCCCC1)c1ccc(OCC)c(-c2nc3c(CCC)nn(C)c3c(=O)[nH]2)c1. The summed E-state index contributed by atoms with van der Waals surface area (Å²) in [4.78, 5) is 23.2. The summed E-state index contributed by atoms with van der Waals surface area (Å²) in [5, 5.41) is 4.53. The van der Waals surface area contributed by atoms with E-state index in [2.05, 4.69) is 28.5 Å². The zero-order chi connectivity index (χ0) is 22.7. The lowest BCUT2D eigenvalue weighted by Crippen LogP contribution is -2.30. The molecule has 0 unspecified atom stereocenters. The Kier molecular flexibility index (Phi) is 6.74. The highest BCUT2D eigenvalue weighted by Gasteiger charge is 2.19. The molecule has 0 spiro atoms. The maximum absolute atomic E-state index is 12.9. The van der Waals surface area contributed by atoms with E-state index in [1.54, 1.807) is 11.7 Å². The Morgan fingerprint density at radius 2 is 2.00 bits per heavy atom. The van der Waals surface area contributed by atoms with Crippen molar-refractivity contribution in [1.29, 1.82) is 0 Å². The van der Waals surface area contributed by atoms with Crippen molar-refractivity contribution in [3.63, 3.8) is 0 Å². The number of hydrogen-bond donors (Lipinski definition) is 1. The summed E-state index contributed by atoms with van der Waals surface area (Å²) in [5.41, 5.74) is 4.69. The molecule has 1 aromatic carbocycles. The van der Waals surface area contributed by atoms with Crippen molar-refractivity contribution in [2.24, 2.45) is 7.05 Å². The first-order valence-corrected chi connectivity index (χ1v) is 11.7. The molecule has 0 radical (unpaired) electrons. The van der Waals surface area contributed by atoms with Crippen LogP contribution in [0, 0.1) is 0 Å². The molecule has 0 atom stereocenters. The Morgan fingerprint density at radius 3 is 2.72 bits per heavy atom. The first-order valence-electron chi connectivity index (χ1n) is 11.7. The predicted molar refractivity (Wildman–Crippen MR) is 129 cm³/mol. The number of benzene rings is 1. The summed E-state index contributed by atoms with van der Waals surface area (Å²) in [6.07, 6.45) is 5.52. The van der Waals surface area contributed by atoms with Gasteiger partial charge in [0.25, 0.3) is 5.56 Å². The minimum Gasteiger partial charge on any atom is -0.493 e. The Bertz CT molecular complexity index is 1170. The second-order valence-electron chi connectivity index (χ2n) is 8.52. The number of aromatic nitrogens is 4. The van der Waals surface area contributed by atoms with E-state index in [1.807, 2.05) is 25.1 Å². The van der Waals surface area contributed by atoms with E-state index < -0.39 is 0 Å². The van der Waals surface area contributed by atoms with Crippen LogP contribution in [0.25, 0.3) is 28.0 Å². The Hall–Kier alpha value is -2.93. The molecule has 1 saturated heterocycles. The van der Waals surface area contributed by atoms with Gasteiger partial charge in [-0.15, -0.1) is 0 Å². The van der Waals surface area contributed by atoms with Crippen molar-refractivity contribution in [2.45, 2.75) is 46.0 Å². The van der Waals surface area contributed by atoms with Crippen LogP contribution in [0.15, 0.2) is 29.6 Å². The fourth-order valence-electron chi connectivity index (χ4n) is 4.47. The molecule has 2 aromatic heterocycles. The highest BCUT2D eigenvalue weighted by atomic mass is 16.5. The molecule has 1 fully saturated rings. The van der Waals surface area contributed by atoms with E-state index in [0.29, 0.717) is 29.2 Å². The number of rotatable bonds is 8. The van der Waals surface area contributed by atoms with Gasteiger partial charge in [-0.2, -0.15) is 5.10 Å². The highest BCUT2D eigenvalue weighted by Crippen LogP contribution is 2.32. The molecule has 0 amide bonds. The minimum absolute atomic E-state index is 0.192. The van der Waals surface area contributed by atoms with Gasteiger partial charge in [-0.25, -0.2) is 4.98 Å². The Balaban J connectivity index is 1.76. The summed E-state index contributed by atoms with van der Waals surface area (Å²) in [5.74, 6) is 1.20. The van der Waals surface area contributed by atoms with Crippen LogP contribution in [0.3, 0.4) is 0 Å². The third kappa shape index (κ3) is 4.48. The highest BCUT2D eigenvalue weighted by molar-refractivity contribution is 5.81. The number of ether oxygens (including phenoxy) is 1. The van der Waals surface area contributed by atoms with Crippen LogP contribution in [-0.2, 0) is 13.5 Å². The monoisotopic (exact) mass is 435 g/mol. The molecule has 170 valence electrons. The Morgan fingerprint density at radius 1 is 1.22 bits per heavy atom. The smallest absolute Gasteiger partial charge is 0.277 e. The van der Waals surface area contributed by atoms with Gasteiger partial charge in [0, 0.05) is 13.6 Å². The summed E-state index contributed by atoms with van der Waals surface area (Å²) >= 11 is 0. The largest absolute Gasteiger partial charge is 0.493 e. The lowest BCUT2D eigenvalue weighted by Gasteiger charge is -2.27. The van der Waals surface area contributed by atoms with Crippen LogP contribution in [0.4, 0.5) is 0 Å². The number of H-pyrrole nitrogens is 1. The van der Waals surface area contributed by atoms with Crippen LogP contribution in [-0.4, -0.2) is 50.9 Å². The maximum Gasteiger partial charge on any atom is 0.277 e. The van der Waals surface area contributed by atoms with Crippen molar-refractivity contribution in [2.75, 3.05) is 26.2 Å². The van der Waals surface area contributed by atoms with E-state index in [4.69, 9.17) is 9.72 Å². The number of piperidine rings is 1. The summed E-state index contributed by atoms with van der Waals surface area (Å²) in [7, 11) is 1.79. The number of likely N-dealkylation sites (tertiary alicyclic amines) is 1. The zero-order valence-electron chi connectivity index (χ0n) is 19.4. The van der Waals surface area contributed by atoms with E-state index in [9.17, 15) is 4.79 Å². The van der Waals surface area contributed by atoms with Gasteiger partial charge in [0.15, 0.2) is 5.52 Å². The molecule has 7 nitrogen and oxygen atoms in total. The van der Waals surface area contributed by atoms with E-state index in [0.717, 1.165) is 54.9 Å². The van der Waals surface area contributed by atoms with Gasteiger partial charge in [-0.3, -0.25) is 14.4 Å². The van der Waals surface area contributed by atoms with E-state index in [1.165, 1.54) is 19.3 Å². The molecule has 1 aliphatic rings. The number of aromatic amines is 1. The van der Waals surface area contributed by atoms with Gasteiger partial charge in [0.2, 0.25) is 0 Å². The zero-order valence-corrected chi connectivity index (χ0v) is 19.4. The van der Waals surface area contributed by atoms with Crippen molar-refractivity contribution in [3.8, 4) is 17.1 Å². The first-order chi connectivity index (χ1) is 15.5. The second-order valence-corrected chi connectivity index (χ2v) is 8.52. The van der Waals surface area contributed by atoms with Gasteiger partial charge in [-0.1, -0.05) is 32.4 Å². The van der Waals surface area contributed by atoms with Crippen molar-refractivity contribution in [1.82, 2.24) is 24.6 Å². The molecule has 0 saturated carbocycles. The predicted octanol–water partition coefficient (Wildman–Crippen LogP) is 4.17. The third-order valence-electron chi connectivity index (χ3n) is 6.06. The van der Waals surface area contributed by atoms with Crippen molar-refractivity contribution in [3.05, 3.63) is 46.4 Å². The molecule has 3 heterocycles. The summed E-state index contributed by atoms with van der Waals surface area (Å²) < 4.78 is 7.51. The number of fused-ring (bicyclic) bond motifs is 1. The fourth-order valence-corrected chi connectivity index (χ4v) is 4.47. The number of nitrogens with one attached hydrogen (secondary N) is 1. The van der Waals surface area contributed by atoms with Gasteiger partial charge >= 0.3 is 0 Å². The van der Waals surface area contributed by atoms with Gasteiger partial charge in [-0.05, 0) is 62.5 Å². The molecule has 0 aliphatic carbocycles. The van der Waals surface area contributed by atoms with Crippen LogP contribution >= 0.6 is 0 Å². The number of hydrogen-bond acceptors (Lipinski definition) is 5. The van der Waals surface area contributed by atoms with Crippen molar-refractivity contribution >= 4 is 16.6 Å². The summed E-state index contributed by atoms with van der Waals surface area (Å²) in [6, 6.07) is 6.04.